The van der Waals surface area contributed by atoms with Gasteiger partial charge in [0.15, 0.2) is 0 Å². The highest BCUT2D eigenvalue weighted by Crippen LogP contribution is 2.40. The summed E-state index contributed by atoms with van der Waals surface area (Å²) < 4.78 is 16.7. The van der Waals surface area contributed by atoms with Gasteiger partial charge in [0.05, 0.1) is 5.57 Å². The molecule has 0 spiro atoms. The molecule has 0 saturated carbocycles. The Kier molecular flexibility index (Phi) is 6.76. The van der Waals surface area contributed by atoms with Crippen LogP contribution in [0.5, 0.6) is 0 Å². The lowest BCUT2D eigenvalue weighted by atomic mass is 9.94. The topological polar surface area (TPSA) is 71.8 Å². The SMILES string of the molecule is CCCSc1nc2n(n1)C(c1c(F)cccc1Cl)C(C(=O)Nc1cccc(C)c1C)=C(C)N2. The Balaban J connectivity index is 1.83. The van der Waals surface area contributed by atoms with Gasteiger partial charge in [-0.1, -0.05) is 48.5 Å². The molecule has 2 heterocycles. The molecule has 9 heteroatoms. The molecular formula is C24H25ClFN5OS. The number of amides is 1. The minimum Gasteiger partial charge on any atom is -0.328 e. The summed E-state index contributed by atoms with van der Waals surface area (Å²) >= 11 is 7.97. The van der Waals surface area contributed by atoms with Crippen molar-refractivity contribution < 1.29 is 9.18 Å². The molecule has 1 aliphatic rings. The van der Waals surface area contributed by atoms with Gasteiger partial charge >= 0.3 is 0 Å². The number of benzene rings is 2. The summed E-state index contributed by atoms with van der Waals surface area (Å²) in [6.45, 7) is 7.78. The van der Waals surface area contributed by atoms with E-state index in [0.29, 0.717) is 28.1 Å². The Labute approximate surface area is 201 Å². The zero-order valence-electron chi connectivity index (χ0n) is 18.9. The molecule has 0 fully saturated rings. The van der Waals surface area contributed by atoms with Crippen LogP contribution in [0.4, 0.5) is 16.0 Å². The second kappa shape index (κ2) is 9.57. The van der Waals surface area contributed by atoms with E-state index in [0.717, 1.165) is 23.3 Å². The van der Waals surface area contributed by atoms with E-state index in [-0.39, 0.29) is 16.5 Å². The Morgan fingerprint density at radius 2 is 2.00 bits per heavy atom. The molecule has 172 valence electrons. The number of aromatic nitrogens is 3. The molecule has 2 N–H and O–H groups in total. The molecule has 2 aromatic carbocycles. The molecular weight excluding hydrogens is 461 g/mol. The van der Waals surface area contributed by atoms with E-state index in [9.17, 15) is 4.79 Å². The fraction of sp³-hybridized carbons (Fsp3) is 0.292. The maximum atomic E-state index is 15.1. The zero-order chi connectivity index (χ0) is 23.7. The summed E-state index contributed by atoms with van der Waals surface area (Å²) in [5.41, 5.74) is 3.80. The van der Waals surface area contributed by atoms with Crippen molar-refractivity contribution in [2.45, 2.75) is 45.3 Å². The van der Waals surface area contributed by atoms with Crippen LogP contribution in [0.1, 0.15) is 43.0 Å². The highest BCUT2D eigenvalue weighted by Gasteiger charge is 2.37. The minimum absolute atomic E-state index is 0.185. The molecule has 33 heavy (non-hydrogen) atoms. The largest absolute Gasteiger partial charge is 0.328 e. The molecule has 3 aromatic rings. The summed E-state index contributed by atoms with van der Waals surface area (Å²) in [5, 5.41) is 11.5. The average molecular weight is 486 g/mol. The number of rotatable bonds is 6. The monoisotopic (exact) mass is 485 g/mol. The van der Waals surface area contributed by atoms with Crippen molar-refractivity contribution in [1.82, 2.24) is 14.8 Å². The van der Waals surface area contributed by atoms with E-state index in [1.165, 1.54) is 17.8 Å². The van der Waals surface area contributed by atoms with E-state index in [4.69, 9.17) is 11.6 Å². The Hall–Kier alpha value is -2.84. The van der Waals surface area contributed by atoms with Crippen molar-refractivity contribution in [2.75, 3.05) is 16.4 Å². The summed E-state index contributed by atoms with van der Waals surface area (Å²) in [6.07, 6.45) is 0.964. The van der Waals surface area contributed by atoms with E-state index < -0.39 is 11.9 Å². The van der Waals surface area contributed by atoms with Crippen LogP contribution in [0.25, 0.3) is 0 Å². The highest BCUT2D eigenvalue weighted by atomic mass is 35.5. The van der Waals surface area contributed by atoms with E-state index in [1.807, 2.05) is 32.0 Å². The number of halogens is 2. The first-order valence-corrected chi connectivity index (χ1v) is 12.1. The number of nitrogens with one attached hydrogen (secondary N) is 2. The molecule has 1 unspecified atom stereocenters. The Morgan fingerprint density at radius 1 is 1.24 bits per heavy atom. The number of fused-ring (bicyclic) bond motifs is 1. The fourth-order valence-corrected chi connectivity index (χ4v) is 4.74. The number of hydrogen-bond acceptors (Lipinski definition) is 5. The van der Waals surface area contributed by atoms with Crippen molar-refractivity contribution in [3.8, 4) is 0 Å². The standard InChI is InChI=1S/C24H25ClFN5OS/c1-5-12-33-24-29-23-27-15(4)19(22(32)28-18-11-6-8-13(2)14(18)3)21(31(23)30-24)20-16(25)9-7-10-17(20)26/h6-11,21H,5,12H2,1-4H3,(H,28,32)(H,27,29,30). The smallest absolute Gasteiger partial charge is 0.255 e. The number of allylic oxidation sites excluding steroid dienone is 1. The lowest BCUT2D eigenvalue weighted by Crippen LogP contribution is -2.32. The van der Waals surface area contributed by atoms with Crippen molar-refractivity contribution in [3.05, 3.63) is 75.2 Å². The van der Waals surface area contributed by atoms with Crippen molar-refractivity contribution >= 4 is 40.9 Å². The van der Waals surface area contributed by atoms with Crippen LogP contribution in [0.2, 0.25) is 5.02 Å². The Morgan fingerprint density at radius 3 is 2.73 bits per heavy atom. The highest BCUT2D eigenvalue weighted by molar-refractivity contribution is 7.99. The van der Waals surface area contributed by atoms with Gasteiger partial charge in [-0.05, 0) is 56.5 Å². The van der Waals surface area contributed by atoms with Crippen LogP contribution < -0.4 is 10.6 Å². The summed E-state index contributed by atoms with van der Waals surface area (Å²) in [7, 11) is 0. The quantitative estimate of drug-likeness (QED) is 0.412. The number of aryl methyl sites for hydroxylation is 1. The summed E-state index contributed by atoms with van der Waals surface area (Å²) in [5.74, 6) is 0.421. The number of nitrogens with zero attached hydrogens (tertiary/aromatic N) is 3. The van der Waals surface area contributed by atoms with Gasteiger partial charge in [-0.15, -0.1) is 5.10 Å². The first-order chi connectivity index (χ1) is 15.8. The van der Waals surface area contributed by atoms with Gasteiger partial charge < -0.3 is 10.6 Å². The second-order valence-corrected chi connectivity index (χ2v) is 9.38. The maximum absolute atomic E-state index is 15.1. The molecule has 1 aromatic heterocycles. The Bertz CT molecular complexity index is 1240. The van der Waals surface area contributed by atoms with Crippen LogP contribution in [0, 0.1) is 19.7 Å². The average Bonchev–Trinajstić information content (AvgIpc) is 3.17. The number of carbonyl (C=O) groups excluding carboxylic acids is 1. The van der Waals surface area contributed by atoms with Crippen molar-refractivity contribution in [2.24, 2.45) is 0 Å². The third-order valence-corrected chi connectivity index (χ3v) is 7.01. The van der Waals surface area contributed by atoms with Gasteiger partial charge in [-0.25, -0.2) is 9.07 Å². The van der Waals surface area contributed by atoms with Gasteiger partial charge in [0.1, 0.15) is 11.9 Å². The second-order valence-electron chi connectivity index (χ2n) is 7.91. The molecule has 0 saturated heterocycles. The maximum Gasteiger partial charge on any atom is 0.255 e. The van der Waals surface area contributed by atoms with Gasteiger partial charge in [-0.3, -0.25) is 4.79 Å². The first kappa shape index (κ1) is 23.3. The molecule has 0 radical (unpaired) electrons. The summed E-state index contributed by atoms with van der Waals surface area (Å²) in [6, 6.07) is 9.33. The van der Waals surface area contributed by atoms with Gasteiger partial charge in [0.25, 0.3) is 5.91 Å². The van der Waals surface area contributed by atoms with Gasteiger partial charge in [-0.2, -0.15) is 4.98 Å². The minimum atomic E-state index is -0.872. The molecule has 4 rings (SSSR count). The van der Waals surface area contributed by atoms with Crippen LogP contribution in [0.3, 0.4) is 0 Å². The number of hydrogen-bond donors (Lipinski definition) is 2. The lowest BCUT2D eigenvalue weighted by Gasteiger charge is -2.29. The molecule has 0 aliphatic carbocycles. The predicted molar refractivity (Wildman–Crippen MR) is 131 cm³/mol. The van der Waals surface area contributed by atoms with Gasteiger partial charge in [0, 0.05) is 27.7 Å². The molecule has 6 nitrogen and oxygen atoms in total. The van der Waals surface area contributed by atoms with Crippen LogP contribution in [-0.4, -0.2) is 26.4 Å². The third kappa shape index (κ3) is 4.50. The zero-order valence-corrected chi connectivity index (χ0v) is 20.4. The van der Waals surface area contributed by atoms with E-state index in [2.05, 4.69) is 27.6 Å². The van der Waals surface area contributed by atoms with Gasteiger partial charge in [0.2, 0.25) is 11.1 Å². The number of thioether (sulfide) groups is 1. The van der Waals surface area contributed by atoms with E-state index >= 15 is 4.39 Å². The van der Waals surface area contributed by atoms with Crippen molar-refractivity contribution in [1.29, 1.82) is 0 Å². The number of carbonyl (C=O) groups is 1. The van der Waals surface area contributed by atoms with Crippen LogP contribution >= 0.6 is 23.4 Å². The first-order valence-electron chi connectivity index (χ1n) is 10.7. The lowest BCUT2D eigenvalue weighted by molar-refractivity contribution is -0.113. The molecule has 1 atom stereocenters. The molecule has 1 amide bonds. The number of anilines is 2. The molecule has 0 bridgehead atoms. The fourth-order valence-electron chi connectivity index (χ4n) is 3.80. The van der Waals surface area contributed by atoms with Crippen LogP contribution in [-0.2, 0) is 4.79 Å². The third-order valence-electron chi connectivity index (χ3n) is 5.64. The van der Waals surface area contributed by atoms with Crippen molar-refractivity contribution in [3.63, 3.8) is 0 Å². The molecule has 1 aliphatic heterocycles. The predicted octanol–water partition coefficient (Wildman–Crippen LogP) is 6.12. The summed E-state index contributed by atoms with van der Waals surface area (Å²) in [4.78, 5) is 18.1. The normalized spacial score (nSPS) is 15.3. The van der Waals surface area contributed by atoms with E-state index in [1.54, 1.807) is 23.7 Å². The van der Waals surface area contributed by atoms with Crippen LogP contribution in [0.15, 0.2) is 52.8 Å².